The lowest BCUT2D eigenvalue weighted by atomic mass is 10.0. The topological polar surface area (TPSA) is 86.8 Å². The Kier molecular flexibility index (Phi) is 8.76. The molecule has 0 aromatic heterocycles. The number of rotatable bonds is 10. The van der Waals surface area contributed by atoms with Gasteiger partial charge in [-0.3, -0.25) is 13.9 Å². The van der Waals surface area contributed by atoms with E-state index in [1.807, 2.05) is 6.07 Å². The second-order valence-corrected chi connectivity index (χ2v) is 10.1. The van der Waals surface area contributed by atoms with Gasteiger partial charge in [-0.25, -0.2) is 17.2 Å². The van der Waals surface area contributed by atoms with Crippen LogP contribution in [0.5, 0.6) is 0 Å². The van der Waals surface area contributed by atoms with Gasteiger partial charge in [-0.05, 0) is 35.9 Å². The van der Waals surface area contributed by atoms with Crippen LogP contribution in [0.3, 0.4) is 0 Å². The highest BCUT2D eigenvalue weighted by Crippen LogP contribution is 2.21. The Labute approximate surface area is 209 Å². The van der Waals surface area contributed by atoms with Crippen LogP contribution in [0.25, 0.3) is 0 Å². The van der Waals surface area contributed by atoms with Crippen LogP contribution in [0.4, 0.5) is 14.5 Å². The molecule has 7 nitrogen and oxygen atoms in total. The monoisotopic (exact) mass is 515 g/mol. The molecule has 1 atom stereocenters. The number of carbonyl (C=O) groups is 2. The molecule has 0 fully saturated rings. The number of halogens is 2. The molecule has 0 bridgehead atoms. The van der Waals surface area contributed by atoms with Gasteiger partial charge in [0.1, 0.15) is 24.2 Å². The minimum absolute atomic E-state index is 0.0812. The number of likely N-dealkylation sites (N-methyl/N-ethyl adjacent to an activating group) is 1. The Hall–Kier alpha value is -3.79. The zero-order chi connectivity index (χ0) is 26.3. The highest BCUT2D eigenvalue weighted by Gasteiger charge is 2.33. The first-order valence-electron chi connectivity index (χ1n) is 11.1. The molecular formula is C26H27F2N3O4S. The number of amides is 2. The Morgan fingerprint density at radius 2 is 1.53 bits per heavy atom. The third kappa shape index (κ3) is 6.88. The predicted octanol–water partition coefficient (Wildman–Crippen LogP) is 3.12. The maximum Gasteiger partial charge on any atom is 0.244 e. The molecule has 3 rings (SSSR count). The molecule has 0 aliphatic carbocycles. The number of anilines is 1. The number of hydrogen-bond acceptors (Lipinski definition) is 4. The number of benzene rings is 3. The first kappa shape index (κ1) is 26.8. The average molecular weight is 516 g/mol. The van der Waals surface area contributed by atoms with Crippen molar-refractivity contribution in [3.05, 3.63) is 102 Å². The summed E-state index contributed by atoms with van der Waals surface area (Å²) in [5.74, 6) is -2.35. The van der Waals surface area contributed by atoms with E-state index < -0.39 is 46.1 Å². The Balaban J connectivity index is 2.03. The molecule has 0 aliphatic rings. The Morgan fingerprint density at radius 3 is 2.11 bits per heavy atom. The first-order chi connectivity index (χ1) is 17.1. The van der Waals surface area contributed by atoms with E-state index in [1.54, 1.807) is 30.3 Å². The van der Waals surface area contributed by atoms with Gasteiger partial charge in [0.15, 0.2) is 0 Å². The largest absolute Gasteiger partial charge is 0.357 e. The minimum atomic E-state index is -3.96. The SMILES string of the molecule is CNC(=O)[C@H](Cc1ccccc1)N(Cc1ccccc1F)C(=O)CN(c1ccc(F)cc1)S(C)(=O)=O. The van der Waals surface area contributed by atoms with Gasteiger partial charge in [-0.1, -0.05) is 48.5 Å². The molecule has 0 saturated carbocycles. The molecule has 3 aromatic rings. The van der Waals surface area contributed by atoms with E-state index in [4.69, 9.17) is 0 Å². The van der Waals surface area contributed by atoms with Crippen molar-refractivity contribution in [3.63, 3.8) is 0 Å². The molecule has 0 radical (unpaired) electrons. The average Bonchev–Trinajstić information content (AvgIpc) is 2.85. The molecule has 0 heterocycles. The van der Waals surface area contributed by atoms with Crippen molar-refractivity contribution in [2.24, 2.45) is 0 Å². The van der Waals surface area contributed by atoms with Gasteiger partial charge >= 0.3 is 0 Å². The van der Waals surface area contributed by atoms with E-state index in [-0.39, 0.29) is 24.2 Å². The number of nitrogens with zero attached hydrogens (tertiary/aromatic N) is 2. The Morgan fingerprint density at radius 1 is 0.917 bits per heavy atom. The van der Waals surface area contributed by atoms with Gasteiger partial charge in [-0.15, -0.1) is 0 Å². The normalized spacial score (nSPS) is 12.0. The smallest absolute Gasteiger partial charge is 0.244 e. The fourth-order valence-electron chi connectivity index (χ4n) is 3.75. The van der Waals surface area contributed by atoms with Crippen molar-refractivity contribution in [2.75, 3.05) is 24.2 Å². The van der Waals surface area contributed by atoms with Crippen molar-refractivity contribution >= 4 is 27.5 Å². The van der Waals surface area contributed by atoms with Crippen molar-refractivity contribution in [1.29, 1.82) is 0 Å². The van der Waals surface area contributed by atoms with Crippen LogP contribution < -0.4 is 9.62 Å². The van der Waals surface area contributed by atoms with Crippen LogP contribution in [-0.2, 0) is 32.6 Å². The van der Waals surface area contributed by atoms with E-state index in [2.05, 4.69) is 5.32 Å². The van der Waals surface area contributed by atoms with Crippen molar-refractivity contribution in [2.45, 2.75) is 19.0 Å². The summed E-state index contributed by atoms with van der Waals surface area (Å²) in [5.41, 5.74) is 1.01. The lowest BCUT2D eigenvalue weighted by Gasteiger charge is -2.33. The van der Waals surface area contributed by atoms with E-state index in [0.717, 1.165) is 28.3 Å². The fraction of sp³-hybridized carbons (Fsp3) is 0.231. The summed E-state index contributed by atoms with van der Waals surface area (Å²) >= 11 is 0. The van der Waals surface area contributed by atoms with Crippen molar-refractivity contribution in [1.82, 2.24) is 10.2 Å². The zero-order valence-corrected chi connectivity index (χ0v) is 20.7. The summed E-state index contributed by atoms with van der Waals surface area (Å²) in [4.78, 5) is 27.8. The first-order valence-corrected chi connectivity index (χ1v) is 13.0. The van der Waals surface area contributed by atoms with Gasteiger partial charge in [0.05, 0.1) is 11.9 Å². The number of carbonyl (C=O) groups excluding carboxylic acids is 2. The highest BCUT2D eigenvalue weighted by molar-refractivity contribution is 7.92. The molecule has 3 aromatic carbocycles. The van der Waals surface area contributed by atoms with Crippen LogP contribution in [0, 0.1) is 11.6 Å². The minimum Gasteiger partial charge on any atom is -0.357 e. The van der Waals surface area contributed by atoms with E-state index in [1.165, 1.54) is 42.3 Å². The lowest BCUT2D eigenvalue weighted by Crippen LogP contribution is -2.53. The molecular weight excluding hydrogens is 488 g/mol. The molecule has 0 unspecified atom stereocenters. The van der Waals surface area contributed by atoms with Gasteiger partial charge in [0.25, 0.3) is 0 Å². The standard InChI is InChI=1S/C26H27F2N3O4S/c1-29-26(33)24(16-19-8-4-3-5-9-19)30(17-20-10-6-7-11-23(20)28)25(32)18-31(36(2,34)35)22-14-12-21(27)13-15-22/h3-15,24H,16-18H2,1-2H3,(H,29,33)/t24-/m0/s1. The third-order valence-corrected chi connectivity index (χ3v) is 6.75. The molecule has 190 valence electrons. The van der Waals surface area contributed by atoms with E-state index >= 15 is 0 Å². The number of hydrogen-bond donors (Lipinski definition) is 1. The predicted molar refractivity (Wildman–Crippen MR) is 134 cm³/mol. The summed E-state index contributed by atoms with van der Waals surface area (Å²) < 4.78 is 53.9. The van der Waals surface area contributed by atoms with Crippen LogP contribution in [0.15, 0.2) is 78.9 Å². The summed E-state index contributed by atoms with van der Waals surface area (Å²) in [6, 6.07) is 18.4. The maximum absolute atomic E-state index is 14.6. The Bertz CT molecular complexity index is 1300. The van der Waals surface area contributed by atoms with Gasteiger partial charge < -0.3 is 10.2 Å². The van der Waals surface area contributed by atoms with Crippen LogP contribution >= 0.6 is 0 Å². The fourth-order valence-corrected chi connectivity index (χ4v) is 4.60. The summed E-state index contributed by atoms with van der Waals surface area (Å²) in [7, 11) is -2.54. The zero-order valence-electron chi connectivity index (χ0n) is 19.9. The number of sulfonamides is 1. The summed E-state index contributed by atoms with van der Waals surface area (Å²) in [6.45, 7) is -0.932. The quantitative estimate of drug-likeness (QED) is 0.450. The second-order valence-electron chi connectivity index (χ2n) is 8.18. The second kappa shape index (κ2) is 11.8. The van der Waals surface area contributed by atoms with Crippen LogP contribution in [0.1, 0.15) is 11.1 Å². The molecule has 2 amide bonds. The lowest BCUT2D eigenvalue weighted by molar-refractivity contribution is -0.139. The van der Waals surface area contributed by atoms with Crippen molar-refractivity contribution < 1.29 is 26.8 Å². The van der Waals surface area contributed by atoms with Crippen LogP contribution in [0.2, 0.25) is 0 Å². The van der Waals surface area contributed by atoms with Gasteiger partial charge in [0, 0.05) is 25.6 Å². The van der Waals surface area contributed by atoms with Gasteiger partial charge in [-0.2, -0.15) is 0 Å². The van der Waals surface area contributed by atoms with E-state index in [9.17, 15) is 26.8 Å². The molecule has 0 spiro atoms. The third-order valence-electron chi connectivity index (χ3n) is 5.61. The van der Waals surface area contributed by atoms with Gasteiger partial charge in [0.2, 0.25) is 21.8 Å². The summed E-state index contributed by atoms with van der Waals surface area (Å²) in [6.07, 6.45) is 1.04. The van der Waals surface area contributed by atoms with Crippen LogP contribution in [-0.4, -0.2) is 51.0 Å². The maximum atomic E-state index is 14.6. The molecule has 1 N–H and O–H groups in total. The van der Waals surface area contributed by atoms with Crippen molar-refractivity contribution in [3.8, 4) is 0 Å². The molecule has 0 saturated heterocycles. The number of nitrogens with one attached hydrogen (secondary N) is 1. The van der Waals surface area contributed by atoms with E-state index in [0.29, 0.717) is 0 Å². The molecule has 10 heteroatoms. The summed E-state index contributed by atoms with van der Waals surface area (Å²) in [5, 5.41) is 2.54. The highest BCUT2D eigenvalue weighted by atomic mass is 32.2. The molecule has 36 heavy (non-hydrogen) atoms. The molecule has 0 aliphatic heterocycles.